The number of nitro groups is 1. The summed E-state index contributed by atoms with van der Waals surface area (Å²) in [4.78, 5) is 36.6. The van der Waals surface area contributed by atoms with Crippen molar-refractivity contribution >= 4 is 29.2 Å². The molecule has 1 aliphatic rings. The molecule has 1 aliphatic heterocycles. The fourth-order valence-electron chi connectivity index (χ4n) is 3.01. The van der Waals surface area contributed by atoms with Crippen LogP contribution in [-0.4, -0.2) is 45.4 Å². The third-order valence-corrected chi connectivity index (χ3v) is 4.26. The van der Waals surface area contributed by atoms with Crippen LogP contribution in [0.15, 0.2) is 42.6 Å². The summed E-state index contributed by atoms with van der Waals surface area (Å²) in [6.07, 6.45) is 2.86. The summed E-state index contributed by atoms with van der Waals surface area (Å²) in [6, 6.07) is 7.96. The van der Waals surface area contributed by atoms with Crippen molar-refractivity contribution in [3.05, 3.63) is 58.3 Å². The molecule has 0 saturated heterocycles. The van der Waals surface area contributed by atoms with Crippen molar-refractivity contribution in [1.29, 1.82) is 0 Å². The summed E-state index contributed by atoms with van der Waals surface area (Å²) in [5.41, 5.74) is 0.664. The predicted octanol–water partition coefficient (Wildman–Crippen LogP) is 2.94. The van der Waals surface area contributed by atoms with E-state index in [1.54, 1.807) is 60.8 Å². The Balaban J connectivity index is 1.69. The summed E-state index contributed by atoms with van der Waals surface area (Å²) in [5.74, 6) is 0.364. The average Bonchev–Trinajstić information content (AvgIpc) is 3.15. The highest BCUT2D eigenvalue weighted by atomic mass is 16.6. The van der Waals surface area contributed by atoms with Crippen molar-refractivity contribution in [3.63, 3.8) is 0 Å². The van der Waals surface area contributed by atoms with E-state index in [2.05, 4.69) is 10.4 Å². The van der Waals surface area contributed by atoms with Crippen LogP contribution in [0.4, 0.5) is 16.3 Å². The lowest BCUT2D eigenvalue weighted by Crippen LogP contribution is -2.39. The first kappa shape index (κ1) is 21.0. The van der Waals surface area contributed by atoms with Crippen LogP contribution < -0.4 is 10.2 Å². The van der Waals surface area contributed by atoms with Gasteiger partial charge in [0.2, 0.25) is 5.91 Å². The number of hydrogen-bond acceptors (Lipinski definition) is 6. The summed E-state index contributed by atoms with van der Waals surface area (Å²) in [7, 11) is 0. The molecular formula is C20H23N5O5. The minimum atomic E-state index is -0.610. The highest BCUT2D eigenvalue weighted by molar-refractivity contribution is 5.95. The van der Waals surface area contributed by atoms with Crippen LogP contribution in [0.2, 0.25) is 0 Å². The summed E-state index contributed by atoms with van der Waals surface area (Å²) in [5, 5.41) is 17.9. The van der Waals surface area contributed by atoms with Gasteiger partial charge < -0.3 is 10.1 Å². The molecule has 2 heterocycles. The van der Waals surface area contributed by atoms with E-state index in [1.807, 2.05) is 0 Å². The fourth-order valence-corrected chi connectivity index (χ4v) is 3.01. The Bertz CT molecular complexity index is 1010. The van der Waals surface area contributed by atoms with Gasteiger partial charge in [0.15, 0.2) is 0 Å². The average molecular weight is 413 g/mol. The fraction of sp³-hybridized carbons (Fsp3) is 0.350. The van der Waals surface area contributed by atoms with Crippen LogP contribution in [0.5, 0.6) is 0 Å². The number of benzene rings is 1. The Kier molecular flexibility index (Phi) is 5.86. The lowest BCUT2D eigenvalue weighted by molar-refractivity contribution is -0.384. The zero-order valence-corrected chi connectivity index (χ0v) is 17.0. The monoisotopic (exact) mass is 413 g/mol. The summed E-state index contributed by atoms with van der Waals surface area (Å²) >= 11 is 0. The lowest BCUT2D eigenvalue weighted by Gasteiger charge is -2.27. The number of fused-ring (bicyclic) bond motifs is 1. The third kappa shape index (κ3) is 4.83. The van der Waals surface area contributed by atoms with E-state index in [4.69, 9.17) is 4.74 Å². The molecule has 1 aromatic carbocycles. The zero-order chi connectivity index (χ0) is 21.9. The zero-order valence-electron chi connectivity index (χ0n) is 17.0. The van der Waals surface area contributed by atoms with Gasteiger partial charge >= 0.3 is 6.09 Å². The van der Waals surface area contributed by atoms with Crippen molar-refractivity contribution in [2.24, 2.45) is 0 Å². The van der Waals surface area contributed by atoms with Gasteiger partial charge in [-0.3, -0.25) is 19.8 Å². The third-order valence-electron chi connectivity index (χ3n) is 4.26. The molecule has 3 rings (SSSR count). The van der Waals surface area contributed by atoms with Gasteiger partial charge in [-0.1, -0.05) is 12.1 Å². The Hall–Kier alpha value is -3.69. The van der Waals surface area contributed by atoms with E-state index in [0.29, 0.717) is 17.1 Å². The van der Waals surface area contributed by atoms with Gasteiger partial charge in [-0.15, -0.1) is 0 Å². The first-order chi connectivity index (χ1) is 14.2. The molecule has 158 valence electrons. The number of ether oxygens (including phenoxy) is 1. The van der Waals surface area contributed by atoms with E-state index < -0.39 is 16.6 Å². The van der Waals surface area contributed by atoms with Crippen LogP contribution in [0.1, 0.15) is 32.8 Å². The maximum absolute atomic E-state index is 12.7. The Morgan fingerprint density at radius 2 is 2.07 bits per heavy atom. The number of rotatable bonds is 5. The Morgan fingerprint density at radius 1 is 1.30 bits per heavy atom. The SMILES string of the molecule is CC(C)(C)OC(=O)NCCC(=O)N1CC=C(c2cccc([N+](=O)[O-])c2)n2nccc21. The van der Waals surface area contributed by atoms with Gasteiger partial charge in [0.05, 0.1) is 16.8 Å². The first-order valence-corrected chi connectivity index (χ1v) is 9.42. The van der Waals surface area contributed by atoms with Crippen LogP contribution in [0.3, 0.4) is 0 Å². The number of aromatic nitrogens is 2. The van der Waals surface area contributed by atoms with Crippen molar-refractivity contribution in [1.82, 2.24) is 15.1 Å². The van der Waals surface area contributed by atoms with E-state index in [-0.39, 0.29) is 31.1 Å². The standard InChI is InChI=1S/C20H23N5O5/c1-20(2,3)30-19(27)21-10-8-18(26)23-12-9-16(24-17(23)7-11-22-24)14-5-4-6-15(13-14)25(28)29/h4-7,9,11,13H,8,10,12H2,1-3H3,(H,21,27). The molecule has 0 bridgehead atoms. The number of carbonyl (C=O) groups is 2. The molecule has 0 saturated carbocycles. The van der Waals surface area contributed by atoms with Gasteiger partial charge in [0.1, 0.15) is 11.4 Å². The second-order valence-electron chi connectivity index (χ2n) is 7.68. The van der Waals surface area contributed by atoms with Crippen molar-refractivity contribution < 1.29 is 19.2 Å². The van der Waals surface area contributed by atoms with Crippen LogP contribution in [0, 0.1) is 10.1 Å². The molecule has 2 aromatic rings. The predicted molar refractivity (Wildman–Crippen MR) is 110 cm³/mol. The van der Waals surface area contributed by atoms with Crippen LogP contribution in [0.25, 0.3) is 5.70 Å². The largest absolute Gasteiger partial charge is 0.444 e. The second kappa shape index (κ2) is 8.36. The van der Waals surface area contributed by atoms with Gasteiger partial charge in [0.25, 0.3) is 5.69 Å². The normalized spacial score (nSPS) is 13.3. The van der Waals surface area contributed by atoms with E-state index >= 15 is 0 Å². The van der Waals surface area contributed by atoms with Crippen LogP contribution in [-0.2, 0) is 9.53 Å². The number of amides is 2. The van der Waals surface area contributed by atoms with Crippen molar-refractivity contribution in [2.45, 2.75) is 32.8 Å². The number of hydrogen-bond donors (Lipinski definition) is 1. The minimum absolute atomic E-state index is 0.0196. The topological polar surface area (TPSA) is 120 Å². The molecule has 1 N–H and O–H groups in total. The molecule has 1 aromatic heterocycles. The number of carbonyl (C=O) groups excluding carboxylic acids is 2. The number of anilines is 1. The van der Waals surface area contributed by atoms with Crippen molar-refractivity contribution in [3.8, 4) is 0 Å². The molecule has 30 heavy (non-hydrogen) atoms. The lowest BCUT2D eigenvalue weighted by atomic mass is 10.1. The number of alkyl carbamates (subject to hydrolysis) is 1. The molecular weight excluding hydrogens is 390 g/mol. The number of nitrogens with one attached hydrogen (secondary N) is 1. The maximum atomic E-state index is 12.7. The Morgan fingerprint density at radius 3 is 2.77 bits per heavy atom. The molecule has 0 radical (unpaired) electrons. The Labute approximate surface area is 173 Å². The highest BCUT2D eigenvalue weighted by Crippen LogP contribution is 2.29. The smallest absolute Gasteiger partial charge is 0.407 e. The van der Waals surface area contributed by atoms with Gasteiger partial charge in [-0.05, 0) is 26.8 Å². The minimum Gasteiger partial charge on any atom is -0.444 e. The molecule has 0 fully saturated rings. The molecule has 2 amide bonds. The molecule has 0 spiro atoms. The van der Waals surface area contributed by atoms with Crippen LogP contribution >= 0.6 is 0 Å². The quantitative estimate of drug-likeness (QED) is 0.594. The summed E-state index contributed by atoms with van der Waals surface area (Å²) in [6.45, 7) is 5.71. The van der Waals surface area contributed by atoms with Gasteiger partial charge in [-0.25, -0.2) is 9.48 Å². The van der Waals surface area contributed by atoms with Crippen molar-refractivity contribution in [2.75, 3.05) is 18.0 Å². The first-order valence-electron chi connectivity index (χ1n) is 9.42. The maximum Gasteiger partial charge on any atom is 0.407 e. The number of non-ortho nitro benzene ring substituents is 1. The highest BCUT2D eigenvalue weighted by Gasteiger charge is 2.25. The molecule has 0 aliphatic carbocycles. The van der Waals surface area contributed by atoms with E-state index in [0.717, 1.165) is 0 Å². The van der Waals surface area contributed by atoms with E-state index in [9.17, 15) is 19.7 Å². The molecule has 0 unspecified atom stereocenters. The summed E-state index contributed by atoms with van der Waals surface area (Å²) < 4.78 is 6.72. The molecule has 10 nitrogen and oxygen atoms in total. The number of nitrogens with zero attached hydrogens (tertiary/aromatic N) is 4. The van der Waals surface area contributed by atoms with E-state index in [1.165, 1.54) is 12.1 Å². The molecule has 10 heteroatoms. The number of nitro benzene ring substituents is 1. The molecule has 0 atom stereocenters. The second-order valence-corrected chi connectivity index (χ2v) is 7.68. The van der Waals surface area contributed by atoms with Gasteiger partial charge in [-0.2, -0.15) is 5.10 Å². The van der Waals surface area contributed by atoms with Gasteiger partial charge in [0, 0.05) is 43.3 Å².